The number of alkyl halides is 3. The molecule has 0 radical (unpaired) electrons. The zero-order chi connectivity index (χ0) is 14.6. The number of hydrogen-bond acceptors (Lipinski definition) is 1. The molecule has 2 fully saturated rings. The Bertz CT molecular complexity index is 352. The maximum atomic E-state index is 12.2. The summed E-state index contributed by atoms with van der Waals surface area (Å²) in [5.41, 5.74) is 0.389. The molecule has 2 rings (SSSR count). The molecule has 1 N–H and O–H groups in total. The van der Waals surface area contributed by atoms with Crippen LogP contribution < -0.4 is 5.32 Å². The number of nitrogens with zero attached hydrogens (tertiary/aromatic N) is 2. The Kier molecular flexibility index (Phi) is 7.06. The van der Waals surface area contributed by atoms with Crippen LogP contribution >= 0.6 is 24.0 Å². The molecule has 7 heteroatoms. The first-order chi connectivity index (χ1) is 9.44. The maximum Gasteiger partial charge on any atom is 0.390 e. The Morgan fingerprint density at radius 1 is 1.19 bits per heavy atom. The fraction of sp³-hybridized carbons (Fsp3) is 0.929. The zero-order valence-corrected chi connectivity index (χ0v) is 14.8. The van der Waals surface area contributed by atoms with E-state index in [-0.39, 0.29) is 30.5 Å². The first kappa shape index (κ1) is 18.8. The number of hydrogen-bond donors (Lipinski definition) is 1. The molecule has 3 nitrogen and oxygen atoms in total. The highest BCUT2D eigenvalue weighted by atomic mass is 127. The molecule has 21 heavy (non-hydrogen) atoms. The van der Waals surface area contributed by atoms with E-state index in [1.165, 1.54) is 32.1 Å². The minimum absolute atomic E-state index is 0. The van der Waals surface area contributed by atoms with Gasteiger partial charge in [-0.15, -0.1) is 24.0 Å². The predicted octanol–water partition coefficient (Wildman–Crippen LogP) is 3.79. The molecule has 0 unspecified atom stereocenters. The molecule has 0 aromatic heterocycles. The van der Waals surface area contributed by atoms with Gasteiger partial charge in [0.2, 0.25) is 0 Å². The monoisotopic (exact) mass is 419 g/mol. The third-order valence-corrected chi connectivity index (χ3v) is 4.56. The van der Waals surface area contributed by atoms with E-state index < -0.39 is 12.6 Å². The molecule has 1 aliphatic carbocycles. The van der Waals surface area contributed by atoms with Crippen LogP contribution in [0.2, 0.25) is 0 Å². The number of likely N-dealkylation sites (tertiary alicyclic amines) is 1. The van der Waals surface area contributed by atoms with E-state index in [2.05, 4.69) is 15.2 Å². The lowest BCUT2D eigenvalue weighted by Gasteiger charge is -2.33. The molecule has 1 spiro atoms. The molecule has 0 atom stereocenters. The number of nitrogens with one attached hydrogen (secondary N) is 1. The van der Waals surface area contributed by atoms with Gasteiger partial charge in [-0.2, -0.15) is 13.2 Å². The third-order valence-electron chi connectivity index (χ3n) is 4.56. The summed E-state index contributed by atoms with van der Waals surface area (Å²) in [6, 6.07) is 0. The Labute approximate surface area is 141 Å². The van der Waals surface area contributed by atoms with Crippen LogP contribution in [0.1, 0.15) is 44.9 Å². The standard InChI is InChI=1S/C14H24F3N3.HI/c1-18-12(19-9-7-14(15,16)17)20-10-8-13(11-20)5-3-2-4-6-13;/h2-11H2,1H3,(H,18,19);1H. The molecule has 1 saturated heterocycles. The molecular formula is C14H25F3IN3. The Morgan fingerprint density at radius 3 is 2.43 bits per heavy atom. The molecular weight excluding hydrogens is 394 g/mol. The minimum Gasteiger partial charge on any atom is -0.356 e. The predicted molar refractivity (Wildman–Crippen MR) is 89.2 cm³/mol. The molecule has 0 bridgehead atoms. The maximum absolute atomic E-state index is 12.2. The van der Waals surface area contributed by atoms with E-state index in [0.717, 1.165) is 19.5 Å². The van der Waals surface area contributed by atoms with Crippen molar-refractivity contribution in [2.45, 2.75) is 51.1 Å². The second-order valence-corrected chi connectivity index (χ2v) is 6.07. The van der Waals surface area contributed by atoms with Crippen LogP contribution in [0.4, 0.5) is 13.2 Å². The molecule has 1 aliphatic heterocycles. The van der Waals surface area contributed by atoms with E-state index in [4.69, 9.17) is 0 Å². The highest BCUT2D eigenvalue weighted by Gasteiger charge is 2.39. The van der Waals surface area contributed by atoms with Gasteiger partial charge in [-0.05, 0) is 24.7 Å². The number of halogens is 4. The van der Waals surface area contributed by atoms with Crippen molar-refractivity contribution in [3.8, 4) is 0 Å². The van der Waals surface area contributed by atoms with Crippen LogP contribution in [-0.2, 0) is 0 Å². The van der Waals surface area contributed by atoms with Crippen molar-refractivity contribution in [2.75, 3.05) is 26.7 Å². The largest absolute Gasteiger partial charge is 0.390 e. The highest BCUT2D eigenvalue weighted by Crippen LogP contribution is 2.43. The summed E-state index contributed by atoms with van der Waals surface area (Å²) in [6.07, 6.45) is 2.62. The van der Waals surface area contributed by atoms with Crippen molar-refractivity contribution in [3.05, 3.63) is 0 Å². The van der Waals surface area contributed by atoms with Gasteiger partial charge in [-0.1, -0.05) is 19.3 Å². The van der Waals surface area contributed by atoms with Crippen molar-refractivity contribution < 1.29 is 13.2 Å². The summed E-state index contributed by atoms with van der Waals surface area (Å²) in [5.74, 6) is 0.622. The quantitative estimate of drug-likeness (QED) is 0.419. The van der Waals surface area contributed by atoms with Crippen LogP contribution in [0.3, 0.4) is 0 Å². The fourth-order valence-corrected chi connectivity index (χ4v) is 3.47. The normalized spacial score (nSPS) is 22.3. The smallest absolute Gasteiger partial charge is 0.356 e. The van der Waals surface area contributed by atoms with Gasteiger partial charge in [-0.3, -0.25) is 4.99 Å². The average Bonchev–Trinajstić information content (AvgIpc) is 2.78. The Morgan fingerprint density at radius 2 is 1.86 bits per heavy atom. The topological polar surface area (TPSA) is 27.6 Å². The fourth-order valence-electron chi connectivity index (χ4n) is 3.47. The van der Waals surface area contributed by atoms with E-state index in [1.54, 1.807) is 7.05 Å². The molecule has 0 aromatic rings. The Hall–Kier alpha value is -0.210. The molecule has 1 saturated carbocycles. The van der Waals surface area contributed by atoms with Crippen LogP contribution in [0, 0.1) is 5.41 Å². The van der Waals surface area contributed by atoms with Crippen LogP contribution in [0.15, 0.2) is 4.99 Å². The average molecular weight is 419 g/mol. The first-order valence-corrected chi connectivity index (χ1v) is 7.47. The summed E-state index contributed by atoms with van der Waals surface area (Å²) in [7, 11) is 1.64. The van der Waals surface area contributed by atoms with Crippen LogP contribution in [-0.4, -0.2) is 43.7 Å². The minimum atomic E-state index is -4.11. The van der Waals surface area contributed by atoms with E-state index in [9.17, 15) is 13.2 Å². The van der Waals surface area contributed by atoms with Gasteiger partial charge in [-0.25, -0.2) is 0 Å². The number of rotatable bonds is 2. The Balaban J connectivity index is 0.00000220. The molecule has 0 amide bonds. The molecule has 2 aliphatic rings. The highest BCUT2D eigenvalue weighted by molar-refractivity contribution is 14.0. The van der Waals surface area contributed by atoms with Gasteiger partial charge < -0.3 is 10.2 Å². The van der Waals surface area contributed by atoms with E-state index >= 15 is 0 Å². The van der Waals surface area contributed by atoms with Crippen molar-refractivity contribution >= 4 is 29.9 Å². The van der Waals surface area contributed by atoms with E-state index in [1.807, 2.05) is 0 Å². The van der Waals surface area contributed by atoms with Crippen molar-refractivity contribution in [1.82, 2.24) is 10.2 Å². The third kappa shape index (κ3) is 5.49. The second-order valence-electron chi connectivity index (χ2n) is 6.07. The SMILES string of the molecule is CN=C(NCCC(F)(F)F)N1CCC2(CCCCC2)C1.I. The lowest BCUT2D eigenvalue weighted by molar-refractivity contribution is -0.132. The first-order valence-electron chi connectivity index (χ1n) is 7.47. The van der Waals surface area contributed by atoms with E-state index in [0.29, 0.717) is 11.4 Å². The summed E-state index contributed by atoms with van der Waals surface area (Å²) in [4.78, 5) is 6.26. The van der Waals surface area contributed by atoms with Gasteiger partial charge >= 0.3 is 6.18 Å². The lowest BCUT2D eigenvalue weighted by atomic mass is 9.73. The summed E-state index contributed by atoms with van der Waals surface area (Å²) < 4.78 is 36.5. The number of guanidine groups is 1. The van der Waals surface area contributed by atoms with Crippen molar-refractivity contribution in [2.24, 2.45) is 10.4 Å². The summed E-state index contributed by atoms with van der Waals surface area (Å²) in [5, 5.41) is 2.85. The van der Waals surface area contributed by atoms with Gasteiger partial charge in [0.15, 0.2) is 5.96 Å². The van der Waals surface area contributed by atoms with Gasteiger partial charge in [0, 0.05) is 26.7 Å². The molecule has 1 heterocycles. The van der Waals surface area contributed by atoms with Crippen molar-refractivity contribution in [1.29, 1.82) is 0 Å². The van der Waals surface area contributed by atoms with Crippen LogP contribution in [0.25, 0.3) is 0 Å². The second kappa shape index (κ2) is 7.87. The molecule has 0 aromatic carbocycles. The van der Waals surface area contributed by atoms with Crippen molar-refractivity contribution in [3.63, 3.8) is 0 Å². The van der Waals surface area contributed by atoms with Crippen LogP contribution in [0.5, 0.6) is 0 Å². The summed E-state index contributed by atoms with van der Waals surface area (Å²) >= 11 is 0. The summed E-state index contributed by atoms with van der Waals surface area (Å²) in [6.45, 7) is 1.75. The van der Waals surface area contributed by atoms with Gasteiger partial charge in [0.05, 0.1) is 6.42 Å². The van der Waals surface area contributed by atoms with Gasteiger partial charge in [0.1, 0.15) is 0 Å². The number of aliphatic imine (C=N–C) groups is 1. The lowest BCUT2D eigenvalue weighted by Crippen LogP contribution is -2.42. The van der Waals surface area contributed by atoms with Gasteiger partial charge in [0.25, 0.3) is 0 Å². The molecule has 124 valence electrons. The zero-order valence-electron chi connectivity index (χ0n) is 12.5.